The Morgan fingerprint density at radius 3 is 3.00 bits per heavy atom. The summed E-state index contributed by atoms with van der Waals surface area (Å²) in [6.45, 7) is 5.20. The molecule has 3 nitrogen and oxygen atoms in total. The van der Waals surface area contributed by atoms with E-state index in [1.807, 2.05) is 0 Å². The summed E-state index contributed by atoms with van der Waals surface area (Å²) in [5.74, 6) is -0.218. The predicted octanol–water partition coefficient (Wildman–Crippen LogP) is 1.45. The van der Waals surface area contributed by atoms with Crippen molar-refractivity contribution >= 4 is 5.78 Å². The van der Waals surface area contributed by atoms with Crippen molar-refractivity contribution in [3.63, 3.8) is 0 Å². The molecule has 1 aliphatic heterocycles. The van der Waals surface area contributed by atoms with E-state index in [4.69, 9.17) is 9.47 Å². The monoisotopic (exact) mass is 169 g/mol. The third-order valence-electron chi connectivity index (χ3n) is 1.68. The smallest absolute Gasteiger partial charge is 0.187 e. The van der Waals surface area contributed by atoms with Gasteiger partial charge >= 0.3 is 0 Å². The van der Waals surface area contributed by atoms with Crippen molar-refractivity contribution in [2.24, 2.45) is 0 Å². The third kappa shape index (κ3) is 3.15. The average Bonchev–Trinajstić information content (AvgIpc) is 2.16. The molecule has 0 amide bonds. The van der Waals surface area contributed by atoms with Gasteiger partial charge in [-0.25, -0.2) is 0 Å². The second-order valence-corrected chi connectivity index (χ2v) is 2.66. The molecule has 1 aliphatic rings. The fourth-order valence-corrected chi connectivity index (χ4v) is 1.01. The highest BCUT2D eigenvalue weighted by atomic mass is 16.7. The molecule has 1 unspecified atom stereocenters. The summed E-state index contributed by atoms with van der Waals surface area (Å²) in [6, 6.07) is 0. The van der Waals surface area contributed by atoms with Crippen LogP contribution in [0.4, 0.5) is 0 Å². The lowest BCUT2D eigenvalue weighted by Crippen LogP contribution is -2.22. The number of ether oxygens (including phenoxy) is 2. The van der Waals surface area contributed by atoms with E-state index in [9.17, 15) is 4.79 Å². The molecular formula is C9H13O3. The first-order chi connectivity index (χ1) is 5.83. The standard InChI is InChI=1S/C9H13O3/c1-2-8(10)7-12-9-5-3-4-6-11-9/h2,7,9H,1,3-6H2. The molecule has 1 rings (SSSR count). The van der Waals surface area contributed by atoms with E-state index < -0.39 is 0 Å². The van der Waals surface area contributed by atoms with Crippen LogP contribution in [0.3, 0.4) is 0 Å². The molecule has 0 aromatic carbocycles. The fourth-order valence-electron chi connectivity index (χ4n) is 1.01. The van der Waals surface area contributed by atoms with Crippen LogP contribution in [0.25, 0.3) is 0 Å². The number of rotatable bonds is 4. The van der Waals surface area contributed by atoms with Gasteiger partial charge in [0.15, 0.2) is 18.7 Å². The zero-order chi connectivity index (χ0) is 8.81. The van der Waals surface area contributed by atoms with Crippen LogP contribution < -0.4 is 0 Å². The van der Waals surface area contributed by atoms with E-state index in [0.29, 0.717) is 0 Å². The highest BCUT2D eigenvalue weighted by molar-refractivity contribution is 5.95. The van der Waals surface area contributed by atoms with Crippen molar-refractivity contribution in [1.82, 2.24) is 0 Å². The second kappa shape index (κ2) is 5.06. The Morgan fingerprint density at radius 2 is 2.42 bits per heavy atom. The van der Waals surface area contributed by atoms with E-state index in [1.165, 1.54) is 6.08 Å². The summed E-state index contributed by atoms with van der Waals surface area (Å²) in [6.07, 6.45) is 4.02. The Balaban J connectivity index is 2.12. The van der Waals surface area contributed by atoms with Gasteiger partial charge in [0, 0.05) is 6.61 Å². The fraction of sp³-hybridized carbons (Fsp3) is 0.556. The van der Waals surface area contributed by atoms with Crippen LogP contribution in [-0.4, -0.2) is 18.7 Å². The molecule has 1 radical (unpaired) electrons. The van der Waals surface area contributed by atoms with Gasteiger partial charge in [0.2, 0.25) is 0 Å². The number of carbonyl (C=O) groups excluding carboxylic acids is 1. The maximum absolute atomic E-state index is 10.7. The molecular weight excluding hydrogens is 156 g/mol. The molecule has 0 aromatic heterocycles. The minimum Gasteiger partial charge on any atom is -0.353 e. The van der Waals surface area contributed by atoms with Crippen molar-refractivity contribution in [2.45, 2.75) is 25.6 Å². The highest BCUT2D eigenvalue weighted by Crippen LogP contribution is 2.14. The Labute approximate surface area is 72.4 Å². The summed E-state index contributed by atoms with van der Waals surface area (Å²) >= 11 is 0. The first-order valence-corrected chi connectivity index (χ1v) is 4.09. The predicted molar refractivity (Wildman–Crippen MR) is 44.2 cm³/mol. The topological polar surface area (TPSA) is 35.5 Å². The summed E-state index contributed by atoms with van der Waals surface area (Å²) in [4.78, 5) is 10.7. The normalized spacial score (nSPS) is 23.5. The average molecular weight is 169 g/mol. The van der Waals surface area contributed by atoms with Gasteiger partial charge in [-0.3, -0.25) is 4.79 Å². The molecule has 0 spiro atoms. The highest BCUT2D eigenvalue weighted by Gasteiger charge is 2.14. The first kappa shape index (κ1) is 9.42. The molecule has 1 fully saturated rings. The second-order valence-electron chi connectivity index (χ2n) is 2.66. The molecule has 1 saturated heterocycles. The lowest BCUT2D eigenvalue weighted by atomic mass is 10.2. The van der Waals surface area contributed by atoms with Crippen molar-refractivity contribution in [1.29, 1.82) is 0 Å². The summed E-state index contributed by atoms with van der Waals surface area (Å²) in [5.41, 5.74) is 0. The van der Waals surface area contributed by atoms with Gasteiger partial charge in [0.25, 0.3) is 0 Å². The van der Waals surface area contributed by atoms with Crippen LogP contribution in [0.2, 0.25) is 0 Å². The third-order valence-corrected chi connectivity index (χ3v) is 1.68. The molecule has 1 heterocycles. The van der Waals surface area contributed by atoms with Crippen molar-refractivity contribution in [2.75, 3.05) is 6.61 Å². The quantitative estimate of drug-likeness (QED) is 0.597. The Morgan fingerprint density at radius 1 is 1.58 bits per heavy atom. The number of carbonyl (C=O) groups is 1. The van der Waals surface area contributed by atoms with Gasteiger partial charge in [-0.05, 0) is 25.3 Å². The van der Waals surface area contributed by atoms with E-state index in [-0.39, 0.29) is 12.1 Å². The van der Waals surface area contributed by atoms with Crippen LogP contribution in [0.5, 0.6) is 0 Å². The molecule has 12 heavy (non-hydrogen) atoms. The Bertz CT molecular complexity index is 159. The molecule has 0 aliphatic carbocycles. The number of hydrogen-bond donors (Lipinski definition) is 0. The van der Waals surface area contributed by atoms with Crippen molar-refractivity contribution in [3.05, 3.63) is 19.3 Å². The van der Waals surface area contributed by atoms with Crippen LogP contribution in [0.1, 0.15) is 19.3 Å². The van der Waals surface area contributed by atoms with Crippen LogP contribution in [0.15, 0.2) is 12.7 Å². The van der Waals surface area contributed by atoms with Gasteiger partial charge in [0.1, 0.15) is 0 Å². The molecule has 1 atom stereocenters. The maximum Gasteiger partial charge on any atom is 0.187 e. The lowest BCUT2D eigenvalue weighted by Gasteiger charge is -2.21. The van der Waals surface area contributed by atoms with Gasteiger partial charge in [0.05, 0.1) is 0 Å². The minimum absolute atomic E-state index is 0.218. The van der Waals surface area contributed by atoms with Gasteiger partial charge in [-0.15, -0.1) is 0 Å². The van der Waals surface area contributed by atoms with Crippen LogP contribution in [-0.2, 0) is 14.3 Å². The summed E-state index contributed by atoms with van der Waals surface area (Å²) in [7, 11) is 0. The number of ketones is 1. The lowest BCUT2D eigenvalue weighted by molar-refractivity contribution is -0.150. The number of hydrogen-bond acceptors (Lipinski definition) is 3. The Kier molecular flexibility index (Phi) is 3.97. The minimum atomic E-state index is -0.234. The van der Waals surface area contributed by atoms with Crippen LogP contribution in [0, 0.1) is 6.61 Å². The van der Waals surface area contributed by atoms with Crippen LogP contribution >= 0.6 is 0 Å². The van der Waals surface area contributed by atoms with Crippen molar-refractivity contribution in [3.8, 4) is 0 Å². The zero-order valence-electron chi connectivity index (χ0n) is 6.99. The molecule has 0 N–H and O–H groups in total. The Hall–Kier alpha value is -0.670. The maximum atomic E-state index is 10.7. The first-order valence-electron chi connectivity index (χ1n) is 4.09. The van der Waals surface area contributed by atoms with E-state index in [2.05, 4.69) is 6.58 Å². The zero-order valence-corrected chi connectivity index (χ0v) is 6.99. The molecule has 0 bridgehead atoms. The van der Waals surface area contributed by atoms with E-state index in [1.54, 1.807) is 0 Å². The van der Waals surface area contributed by atoms with E-state index in [0.717, 1.165) is 32.5 Å². The van der Waals surface area contributed by atoms with Gasteiger partial charge in [-0.1, -0.05) is 6.58 Å². The molecule has 67 valence electrons. The largest absolute Gasteiger partial charge is 0.353 e. The molecule has 3 heteroatoms. The molecule has 0 saturated carbocycles. The SMILES string of the molecule is C=CC(=O)[CH]OC1CCCCO1. The summed E-state index contributed by atoms with van der Waals surface area (Å²) in [5, 5.41) is 0. The van der Waals surface area contributed by atoms with Gasteiger partial charge in [-0.2, -0.15) is 0 Å². The molecule has 0 aromatic rings. The summed E-state index contributed by atoms with van der Waals surface area (Å²) < 4.78 is 10.3. The van der Waals surface area contributed by atoms with E-state index >= 15 is 0 Å². The van der Waals surface area contributed by atoms with Gasteiger partial charge < -0.3 is 9.47 Å². The van der Waals surface area contributed by atoms with Crippen molar-refractivity contribution < 1.29 is 14.3 Å².